The van der Waals surface area contributed by atoms with E-state index < -0.39 is 18.0 Å². The number of amides is 2. The fourth-order valence-electron chi connectivity index (χ4n) is 2.26. The molecule has 2 aromatic carbocycles. The summed E-state index contributed by atoms with van der Waals surface area (Å²) in [4.78, 5) is 11.9. The van der Waals surface area contributed by atoms with Crippen LogP contribution in [0.3, 0.4) is 0 Å². The van der Waals surface area contributed by atoms with Crippen molar-refractivity contribution in [2.24, 2.45) is 0 Å². The third-order valence-corrected chi connectivity index (χ3v) is 3.53. The molecule has 0 spiro atoms. The van der Waals surface area contributed by atoms with E-state index in [2.05, 4.69) is 20.9 Å². The lowest BCUT2D eigenvalue weighted by Crippen LogP contribution is -2.32. The Balaban J connectivity index is 1.53. The van der Waals surface area contributed by atoms with Gasteiger partial charge in [-0.3, -0.25) is 0 Å². The summed E-state index contributed by atoms with van der Waals surface area (Å²) >= 11 is 0. The first-order valence-electron chi connectivity index (χ1n) is 7.57. The van der Waals surface area contributed by atoms with Crippen molar-refractivity contribution in [2.75, 3.05) is 11.9 Å². The van der Waals surface area contributed by atoms with Crippen molar-refractivity contribution in [1.82, 2.24) is 20.3 Å². The van der Waals surface area contributed by atoms with Crippen LogP contribution in [-0.4, -0.2) is 32.7 Å². The third-order valence-electron chi connectivity index (χ3n) is 3.53. The Labute approximate surface area is 143 Å². The number of hydrogen-bond acceptors (Lipinski definition) is 4. The number of aromatic nitrogens is 3. The van der Waals surface area contributed by atoms with Crippen molar-refractivity contribution in [3.8, 4) is 5.69 Å². The van der Waals surface area contributed by atoms with Crippen LogP contribution in [-0.2, 0) is 0 Å². The fraction of sp³-hybridized carbons (Fsp3) is 0.118. The monoisotopic (exact) mass is 341 g/mol. The van der Waals surface area contributed by atoms with E-state index >= 15 is 0 Å². The fourth-order valence-corrected chi connectivity index (χ4v) is 2.26. The standard InChI is InChI=1S/C17H16FN5O2/c18-15-4-2-1-3-14(15)16(24)11-19-17(25)21-12-5-7-13(8-6-12)23-10-9-20-22-23/h1-10,16,24H,11H2,(H2,19,21,25). The van der Waals surface area contributed by atoms with Gasteiger partial charge < -0.3 is 15.7 Å². The average molecular weight is 341 g/mol. The molecule has 3 aromatic rings. The molecule has 3 rings (SSSR count). The smallest absolute Gasteiger partial charge is 0.319 e. The maximum atomic E-state index is 13.6. The molecule has 1 atom stereocenters. The predicted octanol–water partition coefficient (Wildman–Crippen LogP) is 2.26. The van der Waals surface area contributed by atoms with E-state index in [0.717, 1.165) is 5.69 Å². The number of aliphatic hydroxyl groups is 1. The van der Waals surface area contributed by atoms with E-state index in [-0.39, 0.29) is 12.1 Å². The normalized spacial score (nSPS) is 11.8. The minimum atomic E-state index is -1.12. The lowest BCUT2D eigenvalue weighted by Gasteiger charge is -2.13. The van der Waals surface area contributed by atoms with Crippen LogP contribution in [0.4, 0.5) is 14.9 Å². The summed E-state index contributed by atoms with van der Waals surface area (Å²) in [5.41, 5.74) is 1.51. The topological polar surface area (TPSA) is 92.1 Å². The zero-order valence-corrected chi connectivity index (χ0v) is 13.1. The summed E-state index contributed by atoms with van der Waals surface area (Å²) in [6.45, 7) is -0.107. The lowest BCUT2D eigenvalue weighted by atomic mass is 10.1. The highest BCUT2D eigenvalue weighted by molar-refractivity contribution is 5.89. The Morgan fingerprint density at radius 2 is 1.96 bits per heavy atom. The summed E-state index contributed by atoms with van der Waals surface area (Å²) in [6, 6.07) is 12.4. The summed E-state index contributed by atoms with van der Waals surface area (Å²) in [6.07, 6.45) is 2.15. The molecule has 3 N–H and O–H groups in total. The van der Waals surface area contributed by atoms with E-state index in [1.54, 1.807) is 47.4 Å². The van der Waals surface area contributed by atoms with Gasteiger partial charge >= 0.3 is 6.03 Å². The van der Waals surface area contributed by atoms with Gasteiger partial charge in [0.25, 0.3) is 0 Å². The molecule has 0 fully saturated rings. The first-order chi connectivity index (χ1) is 12.1. The molecule has 0 saturated heterocycles. The highest BCUT2D eigenvalue weighted by atomic mass is 19.1. The van der Waals surface area contributed by atoms with Crippen molar-refractivity contribution >= 4 is 11.7 Å². The van der Waals surface area contributed by atoms with Crippen LogP contribution in [0.1, 0.15) is 11.7 Å². The van der Waals surface area contributed by atoms with Crippen molar-refractivity contribution in [2.45, 2.75) is 6.10 Å². The van der Waals surface area contributed by atoms with Gasteiger partial charge in [-0.05, 0) is 30.3 Å². The second-order valence-corrected chi connectivity index (χ2v) is 5.27. The number of nitrogens with one attached hydrogen (secondary N) is 2. The molecular weight excluding hydrogens is 325 g/mol. The van der Waals surface area contributed by atoms with Crippen molar-refractivity contribution in [3.05, 3.63) is 72.3 Å². The summed E-state index contributed by atoms with van der Waals surface area (Å²) < 4.78 is 15.2. The maximum Gasteiger partial charge on any atom is 0.319 e. The SMILES string of the molecule is O=C(NCC(O)c1ccccc1F)Nc1ccc(-n2ccnn2)cc1. The zero-order valence-electron chi connectivity index (χ0n) is 13.1. The minimum Gasteiger partial charge on any atom is -0.386 e. The van der Waals surface area contributed by atoms with E-state index in [4.69, 9.17) is 0 Å². The van der Waals surface area contributed by atoms with Gasteiger partial charge in [0.15, 0.2) is 0 Å². The lowest BCUT2D eigenvalue weighted by molar-refractivity contribution is 0.170. The van der Waals surface area contributed by atoms with Crippen LogP contribution >= 0.6 is 0 Å². The van der Waals surface area contributed by atoms with Crippen LogP contribution in [0.25, 0.3) is 5.69 Å². The van der Waals surface area contributed by atoms with Crippen molar-refractivity contribution in [3.63, 3.8) is 0 Å². The molecule has 0 radical (unpaired) electrons. The Kier molecular flexibility index (Phi) is 5.00. The van der Waals surface area contributed by atoms with Crippen LogP contribution in [0.5, 0.6) is 0 Å². The Bertz CT molecular complexity index is 837. The summed E-state index contributed by atoms with van der Waals surface area (Å²) in [5, 5.41) is 22.7. The number of carbonyl (C=O) groups excluding carboxylic acids is 1. The summed E-state index contributed by atoms with van der Waals surface area (Å²) in [7, 11) is 0. The number of nitrogens with zero attached hydrogens (tertiary/aromatic N) is 3. The maximum absolute atomic E-state index is 13.6. The van der Waals surface area contributed by atoms with Crippen LogP contribution in [0.2, 0.25) is 0 Å². The number of carbonyl (C=O) groups is 1. The van der Waals surface area contributed by atoms with Gasteiger partial charge in [0.05, 0.1) is 24.2 Å². The molecule has 0 aliphatic carbocycles. The van der Waals surface area contributed by atoms with Gasteiger partial charge in [-0.15, -0.1) is 5.10 Å². The number of halogens is 1. The van der Waals surface area contributed by atoms with Crippen molar-refractivity contribution < 1.29 is 14.3 Å². The largest absolute Gasteiger partial charge is 0.386 e. The van der Waals surface area contributed by atoms with Gasteiger partial charge in [-0.25, -0.2) is 13.9 Å². The van der Waals surface area contributed by atoms with Crippen molar-refractivity contribution in [1.29, 1.82) is 0 Å². The quantitative estimate of drug-likeness (QED) is 0.664. The predicted molar refractivity (Wildman–Crippen MR) is 89.7 cm³/mol. The minimum absolute atomic E-state index is 0.107. The molecule has 0 aliphatic rings. The van der Waals surface area contributed by atoms with Crippen LogP contribution in [0.15, 0.2) is 60.9 Å². The Morgan fingerprint density at radius 3 is 2.64 bits per heavy atom. The molecule has 25 heavy (non-hydrogen) atoms. The molecule has 0 saturated carbocycles. The third kappa shape index (κ3) is 4.18. The molecule has 7 nitrogen and oxygen atoms in total. The highest BCUT2D eigenvalue weighted by Gasteiger charge is 2.13. The second kappa shape index (κ2) is 7.54. The van der Waals surface area contributed by atoms with E-state index in [1.807, 2.05) is 0 Å². The Morgan fingerprint density at radius 1 is 1.20 bits per heavy atom. The van der Waals surface area contributed by atoms with E-state index in [9.17, 15) is 14.3 Å². The number of anilines is 1. The van der Waals surface area contributed by atoms with Gasteiger partial charge in [0.2, 0.25) is 0 Å². The molecule has 1 heterocycles. The van der Waals surface area contributed by atoms with E-state index in [1.165, 1.54) is 18.2 Å². The first-order valence-corrected chi connectivity index (χ1v) is 7.57. The van der Waals surface area contributed by atoms with Crippen LogP contribution in [0, 0.1) is 5.82 Å². The number of rotatable bonds is 5. The average Bonchev–Trinajstić information content (AvgIpc) is 3.15. The molecule has 0 aliphatic heterocycles. The van der Waals surface area contributed by atoms with E-state index in [0.29, 0.717) is 5.69 Å². The molecule has 1 aromatic heterocycles. The summed E-state index contributed by atoms with van der Waals surface area (Å²) in [5.74, 6) is -0.513. The number of benzene rings is 2. The molecule has 1 unspecified atom stereocenters. The van der Waals surface area contributed by atoms with Gasteiger partial charge in [-0.2, -0.15) is 0 Å². The number of hydrogen-bond donors (Lipinski definition) is 3. The Hall–Kier alpha value is -3.26. The van der Waals surface area contributed by atoms with Gasteiger partial charge in [0.1, 0.15) is 5.82 Å². The second-order valence-electron chi connectivity index (χ2n) is 5.27. The molecule has 0 bridgehead atoms. The van der Waals surface area contributed by atoms with Gasteiger partial charge in [-0.1, -0.05) is 23.4 Å². The molecule has 2 amide bonds. The molecule has 8 heteroatoms. The number of aliphatic hydroxyl groups excluding tert-OH is 1. The van der Waals surface area contributed by atoms with Crippen LogP contribution < -0.4 is 10.6 Å². The molecular formula is C17H16FN5O2. The molecule has 128 valence electrons. The zero-order chi connectivity index (χ0) is 17.6. The van der Waals surface area contributed by atoms with Gasteiger partial charge in [0, 0.05) is 17.8 Å². The number of urea groups is 1. The first kappa shape index (κ1) is 16.6. The highest BCUT2D eigenvalue weighted by Crippen LogP contribution is 2.16.